The van der Waals surface area contributed by atoms with E-state index in [0.717, 1.165) is 33.8 Å². The van der Waals surface area contributed by atoms with Crippen LogP contribution < -0.4 is 20.9 Å². The maximum Gasteiger partial charge on any atom is 0.326 e. The Balaban J connectivity index is 1.64. The first kappa shape index (κ1) is 21.9. The van der Waals surface area contributed by atoms with E-state index in [4.69, 9.17) is 0 Å². The van der Waals surface area contributed by atoms with E-state index in [1.165, 1.54) is 0 Å². The van der Waals surface area contributed by atoms with Gasteiger partial charge in [-0.3, -0.25) is 4.90 Å². The maximum absolute atomic E-state index is 13.0. The van der Waals surface area contributed by atoms with Gasteiger partial charge in [0.25, 0.3) is 0 Å². The zero-order valence-electron chi connectivity index (χ0n) is 18.1. The monoisotopic (exact) mass is 416 g/mol. The van der Waals surface area contributed by atoms with E-state index in [-0.39, 0.29) is 12.1 Å². The lowest BCUT2D eigenvalue weighted by molar-refractivity contribution is 0.250. The van der Waals surface area contributed by atoms with Crippen molar-refractivity contribution in [3.63, 3.8) is 0 Å². The Labute approximate surface area is 183 Å². The number of nitrogens with one attached hydrogen (secondary N) is 3. The van der Waals surface area contributed by atoms with Crippen LogP contribution >= 0.6 is 0 Å². The van der Waals surface area contributed by atoms with Gasteiger partial charge >= 0.3 is 12.1 Å². The van der Waals surface area contributed by atoms with Crippen LogP contribution in [0.4, 0.5) is 26.7 Å². The lowest BCUT2D eigenvalue weighted by Crippen LogP contribution is -2.42. The summed E-state index contributed by atoms with van der Waals surface area (Å²) in [6.45, 7) is 6.50. The van der Waals surface area contributed by atoms with E-state index < -0.39 is 0 Å². The molecule has 0 saturated carbocycles. The highest BCUT2D eigenvalue weighted by molar-refractivity contribution is 6.01. The highest BCUT2D eigenvalue weighted by atomic mass is 16.2. The van der Waals surface area contributed by atoms with Gasteiger partial charge in [0.05, 0.1) is 0 Å². The molecule has 0 radical (unpaired) electrons. The van der Waals surface area contributed by atoms with E-state index in [1.807, 2.05) is 93.6 Å². The second-order valence-corrected chi connectivity index (χ2v) is 7.43. The zero-order chi connectivity index (χ0) is 22.2. The number of benzene rings is 3. The number of amides is 4. The van der Waals surface area contributed by atoms with Crippen LogP contribution in [-0.4, -0.2) is 25.2 Å². The lowest BCUT2D eigenvalue weighted by Gasteiger charge is -2.23. The molecule has 0 aliphatic rings. The average molecular weight is 417 g/mol. The van der Waals surface area contributed by atoms with E-state index in [0.29, 0.717) is 13.1 Å². The predicted octanol–water partition coefficient (Wildman–Crippen LogP) is 5.47. The summed E-state index contributed by atoms with van der Waals surface area (Å²) >= 11 is 0. The Kier molecular flexibility index (Phi) is 7.27. The van der Waals surface area contributed by atoms with E-state index in [9.17, 15) is 9.59 Å². The van der Waals surface area contributed by atoms with E-state index in [1.54, 1.807) is 4.90 Å². The van der Waals surface area contributed by atoms with Gasteiger partial charge in [0.2, 0.25) is 0 Å². The molecular weight excluding hydrogens is 388 g/mol. The molecule has 3 aromatic carbocycles. The summed E-state index contributed by atoms with van der Waals surface area (Å²) in [6, 6.07) is 22.3. The zero-order valence-corrected chi connectivity index (χ0v) is 18.1. The summed E-state index contributed by atoms with van der Waals surface area (Å²) in [4.78, 5) is 27.0. The topological polar surface area (TPSA) is 73.5 Å². The third-order valence-electron chi connectivity index (χ3n) is 4.92. The van der Waals surface area contributed by atoms with Crippen molar-refractivity contribution >= 4 is 29.1 Å². The fourth-order valence-corrected chi connectivity index (χ4v) is 3.32. The molecular formula is C25H28N4O2. The Morgan fingerprint density at radius 2 is 1.48 bits per heavy atom. The van der Waals surface area contributed by atoms with Crippen molar-refractivity contribution in [2.24, 2.45) is 0 Å². The molecule has 160 valence electrons. The number of aryl methyl sites for hydroxylation is 3. The molecule has 0 aromatic heterocycles. The number of hydrogen-bond acceptors (Lipinski definition) is 2. The smallest absolute Gasteiger partial charge is 0.326 e. The third kappa shape index (κ3) is 6.09. The van der Waals surface area contributed by atoms with Crippen molar-refractivity contribution < 1.29 is 9.59 Å². The quantitative estimate of drug-likeness (QED) is 0.498. The van der Waals surface area contributed by atoms with Crippen molar-refractivity contribution in [1.29, 1.82) is 0 Å². The van der Waals surface area contributed by atoms with Gasteiger partial charge in [0.15, 0.2) is 0 Å². The van der Waals surface area contributed by atoms with Crippen LogP contribution in [0.5, 0.6) is 0 Å². The molecule has 6 nitrogen and oxygen atoms in total. The first-order chi connectivity index (χ1) is 14.9. The third-order valence-corrected chi connectivity index (χ3v) is 4.92. The highest BCUT2D eigenvalue weighted by Crippen LogP contribution is 2.19. The molecule has 0 aliphatic carbocycles. The number of hydrogen-bond donors (Lipinski definition) is 3. The lowest BCUT2D eigenvalue weighted by atomic mass is 10.1. The minimum absolute atomic E-state index is 0.256. The Morgan fingerprint density at radius 1 is 0.806 bits per heavy atom. The molecule has 0 spiro atoms. The van der Waals surface area contributed by atoms with E-state index in [2.05, 4.69) is 16.0 Å². The molecule has 0 saturated heterocycles. The largest absolute Gasteiger partial charge is 0.336 e. The van der Waals surface area contributed by atoms with Gasteiger partial charge in [-0.2, -0.15) is 0 Å². The van der Waals surface area contributed by atoms with Gasteiger partial charge in [-0.1, -0.05) is 48.5 Å². The minimum Gasteiger partial charge on any atom is -0.336 e. The SMILES string of the molecule is Cc1cccc(NC(=O)N(CCNC(=O)Nc2c(C)cccc2C)c2ccccc2)c1. The summed E-state index contributed by atoms with van der Waals surface area (Å²) in [5.74, 6) is 0. The fourth-order valence-electron chi connectivity index (χ4n) is 3.32. The van der Waals surface area contributed by atoms with Gasteiger partial charge in [0, 0.05) is 30.2 Å². The fraction of sp³-hybridized carbons (Fsp3) is 0.200. The second-order valence-electron chi connectivity index (χ2n) is 7.43. The molecule has 6 heteroatoms. The van der Waals surface area contributed by atoms with Crippen LogP contribution in [0, 0.1) is 20.8 Å². The molecule has 4 amide bonds. The van der Waals surface area contributed by atoms with Crippen molar-refractivity contribution in [2.75, 3.05) is 28.6 Å². The molecule has 3 aromatic rings. The molecule has 0 aliphatic heterocycles. The normalized spacial score (nSPS) is 10.3. The van der Waals surface area contributed by atoms with Gasteiger partial charge < -0.3 is 16.0 Å². The molecule has 0 atom stereocenters. The summed E-state index contributed by atoms with van der Waals surface area (Å²) in [5.41, 5.74) is 5.35. The van der Waals surface area contributed by atoms with Crippen LogP contribution in [0.15, 0.2) is 72.8 Å². The molecule has 31 heavy (non-hydrogen) atoms. The summed E-state index contributed by atoms with van der Waals surface area (Å²) < 4.78 is 0. The van der Waals surface area contributed by atoms with Crippen molar-refractivity contribution in [3.8, 4) is 0 Å². The Morgan fingerprint density at radius 3 is 2.16 bits per heavy atom. The summed E-state index contributed by atoms with van der Waals surface area (Å²) in [5, 5.41) is 8.67. The van der Waals surface area contributed by atoms with Gasteiger partial charge in [-0.25, -0.2) is 9.59 Å². The Hall–Kier alpha value is -3.80. The standard InChI is InChI=1S/C25H28N4O2/c1-18-9-7-12-21(17-18)27-25(31)29(22-13-5-4-6-14-22)16-15-26-24(30)28-23-19(2)10-8-11-20(23)3/h4-14,17H,15-16H2,1-3H3,(H,27,31)(H2,26,28,30). The van der Waals surface area contributed by atoms with Crippen LogP contribution in [0.3, 0.4) is 0 Å². The predicted molar refractivity (Wildman–Crippen MR) is 127 cm³/mol. The number of anilines is 3. The molecule has 0 fully saturated rings. The van der Waals surface area contributed by atoms with E-state index >= 15 is 0 Å². The summed E-state index contributed by atoms with van der Waals surface area (Å²) in [7, 11) is 0. The number of rotatable bonds is 6. The van der Waals surface area contributed by atoms with Crippen LogP contribution in [-0.2, 0) is 0 Å². The van der Waals surface area contributed by atoms with Gasteiger partial charge in [0.1, 0.15) is 0 Å². The molecule has 0 bridgehead atoms. The molecule has 3 rings (SSSR count). The van der Waals surface area contributed by atoms with Gasteiger partial charge in [-0.15, -0.1) is 0 Å². The summed E-state index contributed by atoms with van der Waals surface area (Å²) in [6.07, 6.45) is 0. The number of carbonyl (C=O) groups excluding carboxylic acids is 2. The van der Waals surface area contributed by atoms with Crippen molar-refractivity contribution in [2.45, 2.75) is 20.8 Å². The first-order valence-corrected chi connectivity index (χ1v) is 10.3. The number of carbonyl (C=O) groups is 2. The van der Waals surface area contributed by atoms with Crippen molar-refractivity contribution in [3.05, 3.63) is 89.5 Å². The van der Waals surface area contributed by atoms with Gasteiger partial charge in [-0.05, 0) is 61.7 Å². The van der Waals surface area contributed by atoms with Crippen LogP contribution in [0.2, 0.25) is 0 Å². The molecule has 3 N–H and O–H groups in total. The number of nitrogens with zero attached hydrogens (tertiary/aromatic N) is 1. The average Bonchev–Trinajstić information content (AvgIpc) is 2.74. The van der Waals surface area contributed by atoms with Crippen LogP contribution in [0.1, 0.15) is 16.7 Å². The second kappa shape index (κ2) is 10.3. The maximum atomic E-state index is 13.0. The van der Waals surface area contributed by atoms with Crippen LogP contribution in [0.25, 0.3) is 0 Å². The number of urea groups is 2. The molecule has 0 unspecified atom stereocenters. The molecule has 0 heterocycles. The highest BCUT2D eigenvalue weighted by Gasteiger charge is 2.16. The minimum atomic E-state index is -0.301. The first-order valence-electron chi connectivity index (χ1n) is 10.3. The number of para-hydroxylation sites is 2. The van der Waals surface area contributed by atoms with Crippen molar-refractivity contribution in [1.82, 2.24) is 5.32 Å². The Bertz CT molecular complexity index is 1030.